The summed E-state index contributed by atoms with van der Waals surface area (Å²) in [4.78, 5) is 11.1. The van der Waals surface area contributed by atoms with Gasteiger partial charge >= 0.3 is 0 Å². The van der Waals surface area contributed by atoms with Crippen LogP contribution in [0.2, 0.25) is 5.02 Å². The molecule has 1 atom stereocenters. The van der Waals surface area contributed by atoms with E-state index in [2.05, 4.69) is 0 Å². The lowest BCUT2D eigenvalue weighted by Gasteiger charge is -2.12. The van der Waals surface area contributed by atoms with E-state index in [1.807, 2.05) is 0 Å². The van der Waals surface area contributed by atoms with Crippen molar-refractivity contribution in [2.24, 2.45) is 0 Å². The second kappa shape index (κ2) is 6.59. The molecule has 0 bridgehead atoms. The fourth-order valence-electron chi connectivity index (χ4n) is 1.26. The Morgan fingerprint density at radius 3 is 2.71 bits per heavy atom. The number of Topliss-reactive ketones (excluding diaryl/α,β-unsaturated/α-hetero) is 1. The Morgan fingerprint density at radius 1 is 1.47 bits per heavy atom. The summed E-state index contributed by atoms with van der Waals surface area (Å²) in [7, 11) is 1.50. The van der Waals surface area contributed by atoms with Crippen LogP contribution in [-0.4, -0.2) is 37.3 Å². The molecular formula is C12H15ClO4. The molecule has 1 aromatic rings. The van der Waals surface area contributed by atoms with E-state index >= 15 is 0 Å². The van der Waals surface area contributed by atoms with E-state index in [4.69, 9.17) is 21.1 Å². The molecule has 0 heterocycles. The predicted molar refractivity (Wildman–Crippen MR) is 64.8 cm³/mol. The standard InChI is InChI=1S/C12H15ClO4/c1-8(14)9-3-4-12(11(13)5-9)17-7-10(15)6-16-2/h3-5,10,15H,6-7H2,1-2H3. The van der Waals surface area contributed by atoms with Gasteiger partial charge in [-0.2, -0.15) is 0 Å². The van der Waals surface area contributed by atoms with Crippen LogP contribution in [0.1, 0.15) is 17.3 Å². The van der Waals surface area contributed by atoms with Crippen LogP contribution in [0.4, 0.5) is 0 Å². The maximum Gasteiger partial charge on any atom is 0.159 e. The Kier molecular flexibility index (Phi) is 5.41. The zero-order valence-electron chi connectivity index (χ0n) is 9.77. The van der Waals surface area contributed by atoms with E-state index in [0.29, 0.717) is 16.3 Å². The summed E-state index contributed by atoms with van der Waals surface area (Å²) in [5.41, 5.74) is 0.528. The Bertz CT molecular complexity index is 392. The number of ketones is 1. The summed E-state index contributed by atoms with van der Waals surface area (Å²) in [5.74, 6) is 0.379. The monoisotopic (exact) mass is 258 g/mol. The number of carbonyl (C=O) groups is 1. The normalized spacial score (nSPS) is 12.2. The highest BCUT2D eigenvalue weighted by molar-refractivity contribution is 6.32. The molecular weight excluding hydrogens is 244 g/mol. The van der Waals surface area contributed by atoms with Gasteiger partial charge in [0.15, 0.2) is 5.78 Å². The number of halogens is 1. The van der Waals surface area contributed by atoms with Gasteiger partial charge in [0.25, 0.3) is 0 Å². The third-order valence-corrected chi connectivity index (χ3v) is 2.42. The number of hydrogen-bond donors (Lipinski definition) is 1. The van der Waals surface area contributed by atoms with Crippen LogP contribution in [0, 0.1) is 0 Å². The number of carbonyl (C=O) groups excluding carboxylic acids is 1. The third kappa shape index (κ3) is 4.34. The third-order valence-electron chi connectivity index (χ3n) is 2.13. The highest BCUT2D eigenvalue weighted by Crippen LogP contribution is 2.25. The number of aliphatic hydroxyl groups excluding tert-OH is 1. The highest BCUT2D eigenvalue weighted by atomic mass is 35.5. The maximum absolute atomic E-state index is 11.1. The Morgan fingerprint density at radius 2 is 2.18 bits per heavy atom. The molecule has 0 saturated heterocycles. The van der Waals surface area contributed by atoms with Gasteiger partial charge in [-0.1, -0.05) is 11.6 Å². The van der Waals surface area contributed by atoms with Crippen molar-refractivity contribution in [1.82, 2.24) is 0 Å². The number of ether oxygens (including phenoxy) is 2. The molecule has 1 rings (SSSR count). The molecule has 17 heavy (non-hydrogen) atoms. The Labute approximate surface area is 105 Å². The largest absolute Gasteiger partial charge is 0.489 e. The molecule has 94 valence electrons. The molecule has 0 amide bonds. The molecule has 1 aromatic carbocycles. The van der Waals surface area contributed by atoms with Gasteiger partial charge in [-0.15, -0.1) is 0 Å². The molecule has 0 radical (unpaired) electrons. The first-order chi connectivity index (χ1) is 8.04. The van der Waals surface area contributed by atoms with Crippen molar-refractivity contribution in [3.63, 3.8) is 0 Å². The molecule has 4 nitrogen and oxygen atoms in total. The van der Waals surface area contributed by atoms with E-state index < -0.39 is 6.10 Å². The molecule has 1 N–H and O–H groups in total. The second-order valence-electron chi connectivity index (χ2n) is 3.62. The molecule has 0 aromatic heterocycles. The number of rotatable bonds is 6. The Balaban J connectivity index is 2.63. The molecule has 0 spiro atoms. The molecule has 0 aliphatic carbocycles. The van der Waals surface area contributed by atoms with E-state index in [-0.39, 0.29) is 19.0 Å². The van der Waals surface area contributed by atoms with Gasteiger partial charge in [0.2, 0.25) is 0 Å². The van der Waals surface area contributed by atoms with Gasteiger partial charge in [0.05, 0.1) is 11.6 Å². The van der Waals surface area contributed by atoms with E-state index in [1.54, 1.807) is 18.2 Å². The lowest BCUT2D eigenvalue weighted by Crippen LogP contribution is -2.22. The van der Waals surface area contributed by atoms with Gasteiger partial charge in [0.1, 0.15) is 18.5 Å². The molecule has 5 heteroatoms. The van der Waals surface area contributed by atoms with Crippen molar-refractivity contribution in [2.45, 2.75) is 13.0 Å². The van der Waals surface area contributed by atoms with Crippen molar-refractivity contribution < 1.29 is 19.4 Å². The van der Waals surface area contributed by atoms with Gasteiger partial charge in [-0.3, -0.25) is 4.79 Å². The Hall–Kier alpha value is -1.10. The van der Waals surface area contributed by atoms with Gasteiger partial charge in [-0.05, 0) is 25.1 Å². The second-order valence-corrected chi connectivity index (χ2v) is 4.03. The van der Waals surface area contributed by atoms with Crippen molar-refractivity contribution in [1.29, 1.82) is 0 Å². The molecule has 0 saturated carbocycles. The van der Waals surface area contributed by atoms with Crippen molar-refractivity contribution in [3.8, 4) is 5.75 Å². The number of aliphatic hydroxyl groups is 1. The molecule has 0 aliphatic heterocycles. The van der Waals surface area contributed by atoms with E-state index in [1.165, 1.54) is 14.0 Å². The van der Waals surface area contributed by atoms with Crippen LogP contribution in [-0.2, 0) is 4.74 Å². The molecule has 1 unspecified atom stereocenters. The van der Waals surface area contributed by atoms with Crippen LogP contribution < -0.4 is 4.74 Å². The lowest BCUT2D eigenvalue weighted by molar-refractivity contribution is 0.0326. The zero-order chi connectivity index (χ0) is 12.8. The summed E-state index contributed by atoms with van der Waals surface area (Å²) in [6.07, 6.45) is -0.705. The van der Waals surface area contributed by atoms with Crippen molar-refractivity contribution in [2.75, 3.05) is 20.3 Å². The first-order valence-corrected chi connectivity index (χ1v) is 5.52. The summed E-state index contributed by atoms with van der Waals surface area (Å²) in [6, 6.07) is 4.78. The smallest absolute Gasteiger partial charge is 0.159 e. The van der Waals surface area contributed by atoms with Crippen LogP contribution >= 0.6 is 11.6 Å². The fourth-order valence-corrected chi connectivity index (χ4v) is 1.50. The summed E-state index contributed by atoms with van der Waals surface area (Å²) in [5, 5.41) is 9.75. The lowest BCUT2D eigenvalue weighted by atomic mass is 10.1. The summed E-state index contributed by atoms with van der Waals surface area (Å²) >= 11 is 5.94. The first-order valence-electron chi connectivity index (χ1n) is 5.15. The average Bonchev–Trinajstić information content (AvgIpc) is 2.27. The topological polar surface area (TPSA) is 55.8 Å². The highest BCUT2D eigenvalue weighted by Gasteiger charge is 2.09. The van der Waals surface area contributed by atoms with E-state index in [9.17, 15) is 9.90 Å². The fraction of sp³-hybridized carbons (Fsp3) is 0.417. The van der Waals surface area contributed by atoms with Crippen molar-refractivity contribution >= 4 is 17.4 Å². The van der Waals surface area contributed by atoms with Gasteiger partial charge < -0.3 is 14.6 Å². The van der Waals surface area contributed by atoms with Crippen molar-refractivity contribution in [3.05, 3.63) is 28.8 Å². The van der Waals surface area contributed by atoms with Gasteiger partial charge in [-0.25, -0.2) is 0 Å². The quantitative estimate of drug-likeness (QED) is 0.792. The van der Waals surface area contributed by atoms with Crippen LogP contribution in [0.25, 0.3) is 0 Å². The SMILES string of the molecule is COCC(O)COc1ccc(C(C)=O)cc1Cl. The van der Waals surface area contributed by atoms with Gasteiger partial charge in [0, 0.05) is 12.7 Å². The molecule has 0 fully saturated rings. The molecule has 0 aliphatic rings. The van der Waals surface area contributed by atoms with Crippen LogP contribution in [0.5, 0.6) is 5.75 Å². The first kappa shape index (κ1) is 14.0. The zero-order valence-corrected chi connectivity index (χ0v) is 10.5. The number of methoxy groups -OCH3 is 1. The van der Waals surface area contributed by atoms with E-state index in [0.717, 1.165) is 0 Å². The minimum Gasteiger partial charge on any atom is -0.489 e. The van der Waals surface area contributed by atoms with Crippen LogP contribution in [0.15, 0.2) is 18.2 Å². The minimum absolute atomic E-state index is 0.0575. The minimum atomic E-state index is -0.705. The predicted octanol–water partition coefficient (Wildman–Crippen LogP) is 1.93. The summed E-state index contributed by atoms with van der Waals surface area (Å²) in [6.45, 7) is 1.75. The number of benzene rings is 1. The maximum atomic E-state index is 11.1. The average molecular weight is 259 g/mol. The van der Waals surface area contributed by atoms with Crippen LogP contribution in [0.3, 0.4) is 0 Å². The summed E-state index contributed by atoms with van der Waals surface area (Å²) < 4.78 is 10.1. The number of hydrogen-bond acceptors (Lipinski definition) is 4.